The molecule has 1 aromatic carbocycles. The van der Waals surface area contributed by atoms with Gasteiger partial charge in [0.05, 0.1) is 16.5 Å². The van der Waals surface area contributed by atoms with Gasteiger partial charge < -0.3 is 10.1 Å². The Morgan fingerprint density at radius 3 is 2.83 bits per heavy atom. The zero-order valence-electron chi connectivity index (χ0n) is 12.8. The number of benzene rings is 1. The van der Waals surface area contributed by atoms with Crippen LogP contribution in [0.4, 0.5) is 5.69 Å². The molecule has 4 nitrogen and oxygen atoms in total. The Morgan fingerprint density at radius 1 is 1.33 bits per heavy atom. The Labute approximate surface area is 158 Å². The van der Waals surface area contributed by atoms with E-state index in [1.165, 1.54) is 29.6 Å². The third kappa shape index (κ3) is 6.02. The minimum atomic E-state index is -0.921. The summed E-state index contributed by atoms with van der Waals surface area (Å²) in [6.07, 6.45) is -0.921. The summed E-state index contributed by atoms with van der Waals surface area (Å²) in [7, 11) is 0. The van der Waals surface area contributed by atoms with Crippen LogP contribution in [0.3, 0.4) is 0 Å². The molecule has 0 aliphatic heterocycles. The summed E-state index contributed by atoms with van der Waals surface area (Å²) in [6.45, 7) is 1.51. The van der Waals surface area contributed by atoms with Gasteiger partial charge in [0.1, 0.15) is 0 Å². The van der Waals surface area contributed by atoms with Gasteiger partial charge in [-0.1, -0.05) is 29.3 Å². The zero-order valence-corrected chi connectivity index (χ0v) is 15.9. The molecule has 0 radical (unpaired) electrons. The molecule has 0 spiro atoms. The van der Waals surface area contributed by atoms with Crippen molar-refractivity contribution in [3.63, 3.8) is 0 Å². The Balaban J connectivity index is 1.78. The maximum atomic E-state index is 12.1. The van der Waals surface area contributed by atoms with Crippen LogP contribution < -0.4 is 5.32 Å². The Morgan fingerprint density at radius 2 is 2.12 bits per heavy atom. The van der Waals surface area contributed by atoms with E-state index in [4.69, 9.17) is 27.9 Å². The number of hydrogen-bond acceptors (Lipinski definition) is 5. The molecule has 1 aromatic heterocycles. The smallest absolute Gasteiger partial charge is 0.316 e. The van der Waals surface area contributed by atoms with Crippen LogP contribution >= 0.6 is 46.3 Å². The number of hydrogen-bond donors (Lipinski definition) is 1. The van der Waals surface area contributed by atoms with Crippen LogP contribution in [0.5, 0.6) is 0 Å². The molecule has 0 saturated heterocycles. The van der Waals surface area contributed by atoms with Crippen molar-refractivity contribution in [2.45, 2.75) is 18.8 Å². The quantitative estimate of drug-likeness (QED) is 0.670. The highest BCUT2D eigenvalue weighted by molar-refractivity contribution is 7.99. The highest BCUT2D eigenvalue weighted by Gasteiger charge is 2.19. The van der Waals surface area contributed by atoms with Crippen LogP contribution in [0.1, 0.15) is 11.8 Å². The van der Waals surface area contributed by atoms with Gasteiger partial charge in [0.15, 0.2) is 6.10 Å². The Hall–Kier alpha value is -1.21. The summed E-state index contributed by atoms with van der Waals surface area (Å²) < 4.78 is 5.13. The van der Waals surface area contributed by atoms with Crippen molar-refractivity contribution in [1.82, 2.24) is 0 Å². The van der Waals surface area contributed by atoms with Crippen LogP contribution in [-0.2, 0) is 20.1 Å². The second-order valence-electron chi connectivity index (χ2n) is 4.82. The lowest BCUT2D eigenvalue weighted by Crippen LogP contribution is -2.30. The first kappa shape index (κ1) is 19.1. The van der Waals surface area contributed by atoms with Crippen LogP contribution in [0.2, 0.25) is 10.0 Å². The molecule has 1 N–H and O–H groups in total. The van der Waals surface area contributed by atoms with Gasteiger partial charge in [0.2, 0.25) is 0 Å². The summed E-state index contributed by atoms with van der Waals surface area (Å²) in [5, 5.41) is 5.39. The van der Waals surface area contributed by atoms with Crippen molar-refractivity contribution in [1.29, 1.82) is 0 Å². The van der Waals surface area contributed by atoms with Gasteiger partial charge in [-0.3, -0.25) is 9.59 Å². The molecule has 0 aliphatic rings. The Bertz CT molecular complexity index is 707. The number of halogens is 2. The molecule has 0 saturated carbocycles. The van der Waals surface area contributed by atoms with Crippen molar-refractivity contribution < 1.29 is 14.3 Å². The number of amides is 1. The van der Waals surface area contributed by atoms with Gasteiger partial charge in [0.25, 0.3) is 5.91 Å². The summed E-state index contributed by atoms with van der Waals surface area (Å²) in [6, 6.07) is 8.71. The SMILES string of the molecule is C[C@@H](OC(=O)CSCc1cccs1)C(=O)Nc1cc(Cl)ccc1Cl. The van der Waals surface area contributed by atoms with Gasteiger partial charge in [-0.05, 0) is 36.6 Å². The van der Waals surface area contributed by atoms with E-state index in [1.807, 2.05) is 17.5 Å². The van der Waals surface area contributed by atoms with E-state index in [-0.39, 0.29) is 5.75 Å². The minimum absolute atomic E-state index is 0.188. The number of carbonyl (C=O) groups excluding carboxylic acids is 2. The van der Waals surface area contributed by atoms with Gasteiger partial charge in [-0.15, -0.1) is 23.1 Å². The van der Waals surface area contributed by atoms with E-state index in [9.17, 15) is 9.59 Å². The molecule has 24 heavy (non-hydrogen) atoms. The Kier molecular flexibility index (Phi) is 7.42. The topological polar surface area (TPSA) is 55.4 Å². The first-order valence-electron chi connectivity index (χ1n) is 7.01. The van der Waals surface area contributed by atoms with Gasteiger partial charge in [-0.25, -0.2) is 0 Å². The number of nitrogens with one attached hydrogen (secondary N) is 1. The fourth-order valence-corrected chi connectivity index (χ4v) is 3.72. The molecule has 0 unspecified atom stereocenters. The second-order valence-corrected chi connectivity index (χ2v) is 7.68. The van der Waals surface area contributed by atoms with E-state index in [0.717, 1.165) is 5.75 Å². The van der Waals surface area contributed by atoms with Crippen molar-refractivity contribution >= 4 is 63.9 Å². The molecular weight excluding hydrogens is 389 g/mol. The van der Waals surface area contributed by atoms with Crippen molar-refractivity contribution in [2.24, 2.45) is 0 Å². The number of carbonyl (C=O) groups is 2. The minimum Gasteiger partial charge on any atom is -0.452 e. The van der Waals surface area contributed by atoms with Crippen molar-refractivity contribution in [2.75, 3.05) is 11.1 Å². The maximum absolute atomic E-state index is 12.1. The fourth-order valence-electron chi connectivity index (χ4n) is 1.74. The number of ether oxygens (including phenoxy) is 1. The highest BCUT2D eigenvalue weighted by Crippen LogP contribution is 2.25. The number of anilines is 1. The van der Waals surface area contributed by atoms with E-state index < -0.39 is 18.0 Å². The monoisotopic (exact) mass is 403 g/mol. The average molecular weight is 404 g/mol. The molecule has 128 valence electrons. The van der Waals surface area contributed by atoms with Crippen LogP contribution in [0, 0.1) is 0 Å². The van der Waals surface area contributed by atoms with Gasteiger partial charge in [-0.2, -0.15) is 0 Å². The fraction of sp³-hybridized carbons (Fsp3) is 0.250. The first-order valence-corrected chi connectivity index (χ1v) is 9.80. The largest absolute Gasteiger partial charge is 0.452 e. The zero-order chi connectivity index (χ0) is 17.5. The van der Waals surface area contributed by atoms with Gasteiger partial charge in [0, 0.05) is 15.7 Å². The summed E-state index contributed by atoms with van der Waals surface area (Å²) in [5.41, 5.74) is 0.379. The van der Waals surface area contributed by atoms with Crippen molar-refractivity contribution in [3.8, 4) is 0 Å². The number of esters is 1. The third-order valence-electron chi connectivity index (χ3n) is 2.91. The molecule has 8 heteroatoms. The van der Waals surface area contributed by atoms with E-state index >= 15 is 0 Å². The molecular formula is C16H15Cl2NO3S2. The van der Waals surface area contributed by atoms with Crippen LogP contribution in [-0.4, -0.2) is 23.7 Å². The normalized spacial score (nSPS) is 11.8. The molecule has 1 atom stereocenters. The van der Waals surface area contributed by atoms with Crippen LogP contribution in [0.15, 0.2) is 35.7 Å². The summed E-state index contributed by atoms with van der Waals surface area (Å²) in [4.78, 5) is 25.1. The third-order valence-corrected chi connectivity index (χ3v) is 5.49. The van der Waals surface area contributed by atoms with E-state index in [2.05, 4.69) is 5.32 Å². The molecule has 0 bridgehead atoms. The first-order chi connectivity index (χ1) is 11.5. The molecule has 2 rings (SSSR count). The lowest BCUT2D eigenvalue weighted by molar-refractivity contribution is -0.150. The molecule has 0 aliphatic carbocycles. The van der Waals surface area contributed by atoms with Crippen LogP contribution in [0.25, 0.3) is 0 Å². The van der Waals surface area contributed by atoms with Crippen molar-refractivity contribution in [3.05, 3.63) is 50.6 Å². The highest BCUT2D eigenvalue weighted by atomic mass is 35.5. The number of thiophene rings is 1. The average Bonchev–Trinajstić information content (AvgIpc) is 3.04. The summed E-state index contributed by atoms with van der Waals surface area (Å²) in [5.74, 6) is 0.0333. The van der Waals surface area contributed by atoms with E-state index in [0.29, 0.717) is 15.7 Å². The molecule has 1 heterocycles. The predicted octanol–water partition coefficient (Wildman–Crippen LogP) is 4.86. The second kappa shape index (κ2) is 9.32. The molecule has 2 aromatic rings. The predicted molar refractivity (Wildman–Crippen MR) is 101 cm³/mol. The molecule has 1 amide bonds. The van der Waals surface area contributed by atoms with E-state index in [1.54, 1.807) is 23.5 Å². The number of rotatable bonds is 7. The number of thioether (sulfide) groups is 1. The summed E-state index contributed by atoms with van der Waals surface area (Å²) >= 11 is 14.9. The lowest BCUT2D eigenvalue weighted by atomic mass is 10.3. The standard InChI is InChI=1S/C16H15Cl2NO3S2/c1-10(16(21)19-14-7-11(17)4-5-13(14)18)22-15(20)9-23-8-12-3-2-6-24-12/h2-7,10H,8-9H2,1H3,(H,19,21)/t10-/m1/s1. The lowest BCUT2D eigenvalue weighted by Gasteiger charge is -2.14. The van der Waals surface area contributed by atoms with Gasteiger partial charge >= 0.3 is 5.97 Å². The maximum Gasteiger partial charge on any atom is 0.316 e. The molecule has 0 fully saturated rings.